The van der Waals surface area contributed by atoms with Crippen LogP contribution in [0, 0.1) is 17.0 Å². The second-order valence-electron chi connectivity index (χ2n) is 4.03. The fourth-order valence-corrected chi connectivity index (χ4v) is 1.48. The van der Waals surface area contributed by atoms with Gasteiger partial charge in [0.25, 0.3) is 11.6 Å². The van der Waals surface area contributed by atoms with E-state index >= 15 is 0 Å². The maximum Gasteiger partial charge on any atom is 0.282 e. The zero-order valence-corrected chi connectivity index (χ0v) is 8.90. The second kappa shape index (κ2) is 3.92. The van der Waals surface area contributed by atoms with Gasteiger partial charge in [-0.15, -0.1) is 0 Å². The number of hydrogen-bond donors (Lipinski definition) is 1. The van der Waals surface area contributed by atoms with E-state index in [1.165, 1.54) is 6.07 Å². The van der Waals surface area contributed by atoms with Crippen LogP contribution in [-0.2, 0) is 0 Å². The molecule has 1 saturated carbocycles. The number of hydrogen-bond acceptors (Lipinski definition) is 3. The number of aryl methyl sites for hydroxylation is 1. The molecular weight excluding hydrogens is 208 g/mol. The lowest BCUT2D eigenvalue weighted by Crippen LogP contribution is -2.26. The highest BCUT2D eigenvalue weighted by atomic mass is 16.6. The van der Waals surface area contributed by atoms with Crippen molar-refractivity contribution in [1.29, 1.82) is 0 Å². The summed E-state index contributed by atoms with van der Waals surface area (Å²) >= 11 is 0. The molecule has 1 aromatic rings. The smallest absolute Gasteiger partial charge is 0.282 e. The standard InChI is InChI=1S/C11H12N2O3/c1-7-2-5-10(13(15)16)9(6-7)11(14)12-8-3-4-8/h2,5-6,8H,3-4H2,1H3,(H,12,14). The molecule has 1 aliphatic rings. The first-order chi connectivity index (χ1) is 7.58. The van der Waals surface area contributed by atoms with Crippen molar-refractivity contribution in [2.24, 2.45) is 0 Å². The normalized spacial score (nSPS) is 14.6. The first kappa shape index (κ1) is 10.6. The molecule has 0 bridgehead atoms. The van der Waals surface area contributed by atoms with Crippen LogP contribution >= 0.6 is 0 Å². The van der Waals surface area contributed by atoms with Gasteiger partial charge in [0.2, 0.25) is 0 Å². The third-order valence-corrected chi connectivity index (χ3v) is 2.51. The van der Waals surface area contributed by atoms with Gasteiger partial charge in [-0.05, 0) is 31.4 Å². The molecule has 0 saturated heterocycles. The molecular formula is C11H12N2O3. The summed E-state index contributed by atoms with van der Waals surface area (Å²) in [6, 6.07) is 4.76. The molecule has 5 heteroatoms. The lowest BCUT2D eigenvalue weighted by molar-refractivity contribution is -0.385. The Kier molecular flexibility index (Phi) is 2.60. The lowest BCUT2D eigenvalue weighted by atomic mass is 10.1. The highest BCUT2D eigenvalue weighted by Crippen LogP contribution is 2.23. The monoisotopic (exact) mass is 220 g/mol. The van der Waals surface area contributed by atoms with Gasteiger partial charge in [-0.25, -0.2) is 0 Å². The molecule has 0 radical (unpaired) electrons. The maximum atomic E-state index is 11.8. The first-order valence-corrected chi connectivity index (χ1v) is 5.14. The van der Waals surface area contributed by atoms with E-state index < -0.39 is 4.92 Å². The second-order valence-corrected chi connectivity index (χ2v) is 4.03. The van der Waals surface area contributed by atoms with Crippen LogP contribution in [-0.4, -0.2) is 16.9 Å². The van der Waals surface area contributed by atoms with Gasteiger partial charge in [0, 0.05) is 12.1 Å². The molecule has 0 aromatic heterocycles. The van der Waals surface area contributed by atoms with Crippen molar-refractivity contribution in [3.05, 3.63) is 39.4 Å². The molecule has 1 amide bonds. The Labute approximate surface area is 92.6 Å². The van der Waals surface area contributed by atoms with Crippen LogP contribution in [0.3, 0.4) is 0 Å². The Morgan fingerprint density at radius 3 is 2.75 bits per heavy atom. The van der Waals surface area contributed by atoms with Crippen LogP contribution in [0.15, 0.2) is 18.2 Å². The van der Waals surface area contributed by atoms with Gasteiger partial charge < -0.3 is 5.32 Å². The average molecular weight is 220 g/mol. The third-order valence-electron chi connectivity index (χ3n) is 2.51. The van der Waals surface area contributed by atoms with Gasteiger partial charge in [0.15, 0.2) is 0 Å². The number of benzene rings is 1. The molecule has 1 fully saturated rings. The maximum absolute atomic E-state index is 11.8. The topological polar surface area (TPSA) is 72.2 Å². The van der Waals surface area contributed by atoms with Crippen molar-refractivity contribution >= 4 is 11.6 Å². The summed E-state index contributed by atoms with van der Waals surface area (Å²) in [4.78, 5) is 22.0. The minimum atomic E-state index is -0.527. The van der Waals surface area contributed by atoms with E-state index in [1.54, 1.807) is 19.1 Å². The predicted molar refractivity (Wildman–Crippen MR) is 58.3 cm³/mol. The van der Waals surface area contributed by atoms with Crippen LogP contribution < -0.4 is 5.32 Å². The van der Waals surface area contributed by atoms with Crippen LogP contribution in [0.5, 0.6) is 0 Å². The Hall–Kier alpha value is -1.91. The Morgan fingerprint density at radius 2 is 2.19 bits per heavy atom. The molecule has 0 spiro atoms. The fourth-order valence-electron chi connectivity index (χ4n) is 1.48. The number of nitro groups is 1. The van der Waals surface area contributed by atoms with Crippen molar-refractivity contribution in [1.82, 2.24) is 5.32 Å². The largest absolute Gasteiger partial charge is 0.349 e. The summed E-state index contributed by atoms with van der Waals surface area (Å²) in [6.45, 7) is 1.80. The van der Waals surface area contributed by atoms with Crippen molar-refractivity contribution < 1.29 is 9.72 Å². The Bertz CT molecular complexity index is 453. The molecule has 0 unspecified atom stereocenters. The molecule has 0 aliphatic heterocycles. The molecule has 1 aromatic carbocycles. The highest BCUT2D eigenvalue weighted by Gasteiger charge is 2.27. The molecule has 5 nitrogen and oxygen atoms in total. The molecule has 0 heterocycles. The van der Waals surface area contributed by atoms with Crippen LogP contribution in [0.1, 0.15) is 28.8 Å². The molecule has 1 aliphatic carbocycles. The predicted octanol–water partition coefficient (Wildman–Crippen LogP) is 1.80. The minimum absolute atomic E-state index is 0.135. The number of rotatable bonds is 3. The Balaban J connectivity index is 2.31. The molecule has 2 rings (SSSR count). The van der Waals surface area contributed by atoms with Crippen molar-refractivity contribution in [3.8, 4) is 0 Å². The summed E-state index contributed by atoms with van der Waals surface area (Å²) < 4.78 is 0. The Morgan fingerprint density at radius 1 is 1.50 bits per heavy atom. The number of carbonyl (C=O) groups excluding carboxylic acids is 1. The summed E-state index contributed by atoms with van der Waals surface area (Å²) in [5.74, 6) is -0.349. The zero-order valence-electron chi connectivity index (χ0n) is 8.90. The highest BCUT2D eigenvalue weighted by molar-refractivity contribution is 5.98. The first-order valence-electron chi connectivity index (χ1n) is 5.14. The van der Waals surface area contributed by atoms with Gasteiger partial charge in [-0.3, -0.25) is 14.9 Å². The number of carbonyl (C=O) groups is 1. The lowest BCUT2D eigenvalue weighted by Gasteiger charge is -2.04. The van der Waals surface area contributed by atoms with Crippen LogP contribution in [0.2, 0.25) is 0 Å². The summed E-state index contributed by atoms with van der Waals surface area (Å²) in [5, 5.41) is 13.5. The van der Waals surface area contributed by atoms with E-state index in [-0.39, 0.29) is 23.2 Å². The fraction of sp³-hybridized carbons (Fsp3) is 0.364. The molecule has 84 valence electrons. The zero-order chi connectivity index (χ0) is 11.7. The van der Waals surface area contributed by atoms with E-state index in [0.29, 0.717) is 0 Å². The van der Waals surface area contributed by atoms with E-state index in [9.17, 15) is 14.9 Å². The number of nitro benzene ring substituents is 1. The van der Waals surface area contributed by atoms with Gasteiger partial charge >= 0.3 is 0 Å². The van der Waals surface area contributed by atoms with Crippen LogP contribution in [0.25, 0.3) is 0 Å². The van der Waals surface area contributed by atoms with Crippen molar-refractivity contribution in [2.45, 2.75) is 25.8 Å². The molecule has 1 N–H and O–H groups in total. The minimum Gasteiger partial charge on any atom is -0.349 e. The van der Waals surface area contributed by atoms with E-state index in [1.807, 2.05) is 0 Å². The van der Waals surface area contributed by atoms with Gasteiger partial charge in [0.05, 0.1) is 4.92 Å². The number of nitrogens with zero attached hydrogens (tertiary/aromatic N) is 1. The van der Waals surface area contributed by atoms with Crippen LogP contribution in [0.4, 0.5) is 5.69 Å². The van der Waals surface area contributed by atoms with E-state index in [0.717, 1.165) is 18.4 Å². The van der Waals surface area contributed by atoms with Gasteiger partial charge in [-0.2, -0.15) is 0 Å². The van der Waals surface area contributed by atoms with E-state index in [4.69, 9.17) is 0 Å². The summed E-state index contributed by atoms with van der Waals surface area (Å²) in [6.07, 6.45) is 1.93. The van der Waals surface area contributed by atoms with Gasteiger partial charge in [-0.1, -0.05) is 6.07 Å². The quantitative estimate of drug-likeness (QED) is 0.623. The van der Waals surface area contributed by atoms with E-state index in [2.05, 4.69) is 5.32 Å². The van der Waals surface area contributed by atoms with Gasteiger partial charge in [0.1, 0.15) is 5.56 Å². The van der Waals surface area contributed by atoms with Crippen molar-refractivity contribution in [3.63, 3.8) is 0 Å². The summed E-state index contributed by atoms with van der Waals surface area (Å²) in [5.41, 5.74) is 0.854. The molecule has 0 atom stereocenters. The third kappa shape index (κ3) is 2.18. The SMILES string of the molecule is Cc1ccc([N+](=O)[O-])c(C(=O)NC2CC2)c1. The number of nitrogens with one attached hydrogen (secondary N) is 1. The average Bonchev–Trinajstić information content (AvgIpc) is 3.01. The number of amides is 1. The summed E-state index contributed by atoms with van der Waals surface area (Å²) in [7, 11) is 0. The molecule has 16 heavy (non-hydrogen) atoms. The van der Waals surface area contributed by atoms with Crippen molar-refractivity contribution in [2.75, 3.05) is 0 Å².